The summed E-state index contributed by atoms with van der Waals surface area (Å²) in [6.07, 6.45) is 66.9. The molecule has 5 atom stereocenters. The molecule has 0 aromatic rings. The number of hydrogen-bond donors (Lipinski definition) is 3. The van der Waals surface area contributed by atoms with Crippen molar-refractivity contribution in [3.8, 4) is 0 Å². The first kappa shape index (κ1) is 101. The van der Waals surface area contributed by atoms with Crippen LogP contribution in [0, 0.1) is 11.8 Å². The van der Waals surface area contributed by atoms with Crippen molar-refractivity contribution < 1.29 is 80.2 Å². The van der Waals surface area contributed by atoms with Gasteiger partial charge in [0.15, 0.2) is 12.2 Å². The molecule has 0 aliphatic rings. The molecule has 0 rings (SSSR count). The van der Waals surface area contributed by atoms with Gasteiger partial charge in [0.2, 0.25) is 0 Å². The zero-order valence-corrected chi connectivity index (χ0v) is 69.4. The van der Waals surface area contributed by atoms with E-state index in [0.29, 0.717) is 25.7 Å². The van der Waals surface area contributed by atoms with Gasteiger partial charge in [0, 0.05) is 25.7 Å². The normalized spacial score (nSPS) is 13.9. The van der Waals surface area contributed by atoms with E-state index < -0.39 is 97.5 Å². The van der Waals surface area contributed by atoms with Crippen molar-refractivity contribution in [1.82, 2.24) is 0 Å². The summed E-state index contributed by atoms with van der Waals surface area (Å²) in [7, 11) is -9.92. The Bertz CT molecular complexity index is 1980. The highest BCUT2D eigenvalue weighted by atomic mass is 31.2. The molecule has 103 heavy (non-hydrogen) atoms. The van der Waals surface area contributed by atoms with E-state index in [1.165, 1.54) is 250 Å². The van der Waals surface area contributed by atoms with Crippen LogP contribution in [0.3, 0.4) is 0 Å². The Morgan fingerprint density at radius 2 is 0.447 bits per heavy atom. The van der Waals surface area contributed by atoms with Gasteiger partial charge in [0.05, 0.1) is 26.4 Å². The van der Waals surface area contributed by atoms with Gasteiger partial charge in [0.1, 0.15) is 19.3 Å². The number of aliphatic hydroxyl groups excluding tert-OH is 1. The van der Waals surface area contributed by atoms with Gasteiger partial charge in [0.25, 0.3) is 0 Å². The Morgan fingerprint density at radius 1 is 0.262 bits per heavy atom. The summed E-state index contributed by atoms with van der Waals surface area (Å²) in [6, 6.07) is 0. The topological polar surface area (TPSA) is 237 Å². The minimum atomic E-state index is -4.96. The van der Waals surface area contributed by atoms with E-state index >= 15 is 0 Å². The fourth-order valence-electron chi connectivity index (χ4n) is 13.1. The molecule has 0 fully saturated rings. The maximum atomic E-state index is 13.1. The molecule has 0 aliphatic carbocycles. The molecule has 19 heteroatoms. The number of esters is 4. The van der Waals surface area contributed by atoms with Crippen LogP contribution in [0.1, 0.15) is 446 Å². The second-order valence-corrected chi connectivity index (χ2v) is 34.1. The van der Waals surface area contributed by atoms with Crippen LogP contribution in [0.5, 0.6) is 0 Å². The Kier molecular flexibility index (Phi) is 74.1. The molecule has 0 saturated heterocycles. The summed E-state index contributed by atoms with van der Waals surface area (Å²) in [6.45, 7) is 9.66. The predicted octanol–water partition coefficient (Wildman–Crippen LogP) is 25.5. The molecular weight excluding hydrogens is 1340 g/mol. The number of phosphoric acid groups is 2. The number of rotatable bonds is 83. The van der Waals surface area contributed by atoms with Crippen LogP contribution in [-0.4, -0.2) is 96.7 Å². The van der Waals surface area contributed by atoms with Gasteiger partial charge in [-0.05, 0) is 37.5 Å². The van der Waals surface area contributed by atoms with Gasteiger partial charge in [-0.2, -0.15) is 0 Å². The molecule has 0 aromatic carbocycles. The molecule has 2 unspecified atom stereocenters. The third-order valence-corrected chi connectivity index (χ3v) is 21.6. The molecule has 0 radical (unpaired) electrons. The zero-order valence-electron chi connectivity index (χ0n) is 67.6. The van der Waals surface area contributed by atoms with Crippen LogP contribution >= 0.6 is 15.6 Å². The van der Waals surface area contributed by atoms with E-state index in [1.54, 1.807) is 0 Å². The van der Waals surface area contributed by atoms with Crippen molar-refractivity contribution in [2.75, 3.05) is 39.6 Å². The van der Waals surface area contributed by atoms with Crippen molar-refractivity contribution >= 4 is 39.5 Å². The predicted molar refractivity (Wildman–Crippen MR) is 423 cm³/mol. The van der Waals surface area contributed by atoms with Gasteiger partial charge in [-0.15, -0.1) is 0 Å². The highest BCUT2D eigenvalue weighted by Gasteiger charge is 2.30. The first-order valence-corrected chi connectivity index (χ1v) is 46.5. The van der Waals surface area contributed by atoms with Gasteiger partial charge in [-0.25, -0.2) is 9.13 Å². The van der Waals surface area contributed by atoms with Crippen molar-refractivity contribution in [2.24, 2.45) is 11.8 Å². The summed E-state index contributed by atoms with van der Waals surface area (Å²) < 4.78 is 68.7. The number of carbonyl (C=O) groups excluding carboxylic acids is 4. The van der Waals surface area contributed by atoms with E-state index in [-0.39, 0.29) is 25.7 Å². The first-order chi connectivity index (χ1) is 49.9. The number of hydrogen-bond acceptors (Lipinski definition) is 15. The lowest BCUT2D eigenvalue weighted by Crippen LogP contribution is -2.30. The Labute approximate surface area is 632 Å². The molecule has 612 valence electrons. The molecule has 0 bridgehead atoms. The van der Waals surface area contributed by atoms with Crippen molar-refractivity contribution in [1.29, 1.82) is 0 Å². The van der Waals surface area contributed by atoms with Crippen LogP contribution in [0.15, 0.2) is 0 Å². The molecule has 3 N–H and O–H groups in total. The minimum absolute atomic E-state index is 0.107. The second-order valence-electron chi connectivity index (χ2n) is 31.2. The fraction of sp³-hybridized carbons (Fsp3) is 0.952. The Balaban J connectivity index is 5.17. The number of aliphatic hydroxyl groups is 1. The number of carbonyl (C=O) groups is 4. The smallest absolute Gasteiger partial charge is 0.462 e. The average Bonchev–Trinajstić information content (AvgIpc) is 0.927. The quantitative estimate of drug-likeness (QED) is 0.0222. The monoisotopic (exact) mass is 1510 g/mol. The molecule has 0 saturated carbocycles. The largest absolute Gasteiger partial charge is 0.472 e. The van der Waals surface area contributed by atoms with Crippen LogP contribution in [-0.2, 0) is 65.4 Å². The molecule has 0 amide bonds. The standard InChI is InChI=1S/C84H164O17P2/c1-7-9-11-13-15-16-17-18-19-20-21-22-23-24-29-34-39-44-50-56-62-68-84(89)101-80(73-95-82(87)67-61-55-49-43-38-33-28-26-25-27-31-36-41-47-52-58-64-76(3)4)75-99-103(92,93)97-71-78(85)70-96-102(90,91)98-74-79(72-94-81(86)66-60-54-46-14-12-10-8-2)100-83(88)69-63-57-51-45-40-35-30-32-37-42-48-53-59-65-77(5)6/h76-80,85H,7-75H2,1-6H3,(H,90,91)(H,92,93)/t78-,79+,80+/m0/s1. The van der Waals surface area contributed by atoms with E-state index in [1.807, 2.05) is 0 Å². The third-order valence-electron chi connectivity index (χ3n) is 19.7. The Morgan fingerprint density at radius 3 is 0.660 bits per heavy atom. The summed E-state index contributed by atoms with van der Waals surface area (Å²) in [5, 5.41) is 10.6. The number of phosphoric ester groups is 2. The highest BCUT2D eigenvalue weighted by molar-refractivity contribution is 7.47. The number of unbranched alkanes of at least 4 members (excludes halogenated alkanes) is 53. The van der Waals surface area contributed by atoms with Crippen LogP contribution in [0.2, 0.25) is 0 Å². The van der Waals surface area contributed by atoms with E-state index in [9.17, 15) is 43.2 Å². The number of ether oxygens (including phenoxy) is 4. The van der Waals surface area contributed by atoms with Crippen LogP contribution in [0.4, 0.5) is 0 Å². The lowest BCUT2D eigenvalue weighted by atomic mass is 10.0. The van der Waals surface area contributed by atoms with Gasteiger partial charge < -0.3 is 33.8 Å². The molecule has 0 spiro atoms. The van der Waals surface area contributed by atoms with Crippen LogP contribution in [0.25, 0.3) is 0 Å². The highest BCUT2D eigenvalue weighted by Crippen LogP contribution is 2.45. The SMILES string of the molecule is CCCCCCCCCCCCCCCCCCCCCCCC(=O)O[C@H](COC(=O)CCCCCCCCCCCCCCCCCCC(C)C)COP(=O)(O)OC[C@@H](O)COP(=O)(O)OC[C@@H](COC(=O)CCCCCCCCC)OC(=O)CCCCCCCCCCCCCCCC(C)C. The van der Waals surface area contributed by atoms with E-state index in [2.05, 4.69) is 41.5 Å². The first-order valence-electron chi connectivity index (χ1n) is 43.5. The lowest BCUT2D eigenvalue weighted by Gasteiger charge is -2.21. The molecular formula is C84H164O17P2. The maximum Gasteiger partial charge on any atom is 0.472 e. The average molecular weight is 1510 g/mol. The molecule has 0 heterocycles. The maximum absolute atomic E-state index is 13.1. The van der Waals surface area contributed by atoms with Gasteiger partial charge >= 0.3 is 39.5 Å². The molecule has 0 aliphatic heterocycles. The third kappa shape index (κ3) is 78.0. The van der Waals surface area contributed by atoms with Gasteiger partial charge in [-0.1, -0.05) is 395 Å². The van der Waals surface area contributed by atoms with Crippen molar-refractivity contribution in [3.63, 3.8) is 0 Å². The lowest BCUT2D eigenvalue weighted by molar-refractivity contribution is -0.161. The van der Waals surface area contributed by atoms with Crippen molar-refractivity contribution in [2.45, 2.75) is 464 Å². The van der Waals surface area contributed by atoms with E-state index in [0.717, 1.165) is 115 Å². The van der Waals surface area contributed by atoms with Crippen molar-refractivity contribution in [3.05, 3.63) is 0 Å². The van der Waals surface area contributed by atoms with Crippen LogP contribution < -0.4 is 0 Å². The molecule has 0 aromatic heterocycles. The fourth-order valence-corrected chi connectivity index (χ4v) is 14.6. The van der Waals surface area contributed by atoms with Gasteiger partial charge in [-0.3, -0.25) is 37.3 Å². The summed E-state index contributed by atoms with van der Waals surface area (Å²) in [4.78, 5) is 73.0. The summed E-state index contributed by atoms with van der Waals surface area (Å²) in [5.41, 5.74) is 0. The zero-order chi connectivity index (χ0) is 75.6. The van der Waals surface area contributed by atoms with E-state index in [4.69, 9.17) is 37.0 Å². The summed E-state index contributed by atoms with van der Waals surface area (Å²) in [5.74, 6) is -0.511. The summed E-state index contributed by atoms with van der Waals surface area (Å²) >= 11 is 0. The Hall–Kier alpha value is -1.94. The second kappa shape index (κ2) is 75.5. The minimum Gasteiger partial charge on any atom is -0.462 e. The molecule has 17 nitrogen and oxygen atoms in total.